The van der Waals surface area contributed by atoms with Crippen LogP contribution in [0.3, 0.4) is 0 Å². The highest BCUT2D eigenvalue weighted by molar-refractivity contribution is 5.90. The second-order valence-electron chi connectivity index (χ2n) is 6.20. The molecule has 0 aliphatic carbocycles. The number of rotatable bonds is 2. The van der Waals surface area contributed by atoms with Gasteiger partial charge in [-0.1, -0.05) is 12.1 Å². The Hall–Kier alpha value is -3.99. The summed E-state index contributed by atoms with van der Waals surface area (Å²) in [5.41, 5.74) is 0.514. The summed E-state index contributed by atoms with van der Waals surface area (Å²) in [7, 11) is 0. The molecule has 2 heterocycles. The van der Waals surface area contributed by atoms with Gasteiger partial charge in [-0.15, -0.1) is 0 Å². The number of fused-ring (bicyclic) bond motifs is 1. The van der Waals surface area contributed by atoms with Gasteiger partial charge in [0.2, 0.25) is 0 Å². The molecule has 4 aromatic rings. The van der Waals surface area contributed by atoms with E-state index < -0.39 is 17.3 Å². The van der Waals surface area contributed by atoms with E-state index in [0.29, 0.717) is 22.3 Å². The molecule has 2 aromatic carbocycles. The molecule has 2 aromatic heterocycles. The van der Waals surface area contributed by atoms with Crippen molar-refractivity contribution in [3.8, 4) is 23.0 Å². The summed E-state index contributed by atoms with van der Waals surface area (Å²) in [6, 6.07) is 16.0. The van der Waals surface area contributed by atoms with Crippen molar-refractivity contribution < 1.29 is 13.2 Å². The number of benzene rings is 2. The van der Waals surface area contributed by atoms with Crippen LogP contribution in [0.2, 0.25) is 0 Å². The van der Waals surface area contributed by atoms with Gasteiger partial charge in [-0.3, -0.25) is 9.78 Å². The predicted octanol–water partition coefficient (Wildman–Crippen LogP) is 4.34. The van der Waals surface area contributed by atoms with E-state index in [1.807, 2.05) is 6.07 Å². The van der Waals surface area contributed by atoms with Gasteiger partial charge in [-0.2, -0.15) is 28.2 Å². The molecule has 0 spiro atoms. The minimum absolute atomic E-state index is 0.187. The normalized spacial score (nSPS) is 11.4. The van der Waals surface area contributed by atoms with Gasteiger partial charge in [0.05, 0.1) is 28.3 Å². The standard InChI is InChI=1S/C21H11F3N4O/c22-21(23,24)15-6-8-16(9-7-15)28-20(29)17-5-2-10-26-19(17)18(27-28)14-4-1-3-13(11-14)12-25/h1-11H. The van der Waals surface area contributed by atoms with Crippen molar-refractivity contribution in [1.29, 1.82) is 5.26 Å². The number of halogens is 3. The first-order chi connectivity index (χ1) is 13.9. The molecule has 0 unspecified atom stereocenters. The minimum atomic E-state index is -4.48. The van der Waals surface area contributed by atoms with Gasteiger partial charge in [0.15, 0.2) is 0 Å². The summed E-state index contributed by atoms with van der Waals surface area (Å²) >= 11 is 0. The zero-order valence-corrected chi connectivity index (χ0v) is 14.7. The van der Waals surface area contributed by atoms with E-state index in [2.05, 4.69) is 10.1 Å². The molecule has 5 nitrogen and oxygen atoms in total. The summed E-state index contributed by atoms with van der Waals surface area (Å²) in [5, 5.41) is 13.8. The first kappa shape index (κ1) is 18.4. The smallest absolute Gasteiger partial charge is 0.267 e. The average Bonchev–Trinajstić information content (AvgIpc) is 2.74. The first-order valence-corrected chi connectivity index (χ1v) is 8.45. The molecular weight excluding hydrogens is 381 g/mol. The molecule has 8 heteroatoms. The van der Waals surface area contributed by atoms with Crippen LogP contribution >= 0.6 is 0 Å². The Morgan fingerprint density at radius 3 is 2.45 bits per heavy atom. The van der Waals surface area contributed by atoms with Gasteiger partial charge >= 0.3 is 6.18 Å². The van der Waals surface area contributed by atoms with Gasteiger partial charge in [0.25, 0.3) is 5.56 Å². The van der Waals surface area contributed by atoms with E-state index in [9.17, 15) is 18.0 Å². The second kappa shape index (κ2) is 6.87. The molecule has 0 N–H and O–H groups in total. The summed E-state index contributed by atoms with van der Waals surface area (Å²) < 4.78 is 39.6. The van der Waals surface area contributed by atoms with Crippen molar-refractivity contribution in [3.63, 3.8) is 0 Å². The fraction of sp³-hybridized carbons (Fsp3) is 0.0476. The summed E-state index contributed by atoms with van der Waals surface area (Å²) in [6.45, 7) is 0. The van der Waals surface area contributed by atoms with Crippen molar-refractivity contribution in [1.82, 2.24) is 14.8 Å². The molecule has 4 rings (SSSR count). The number of hydrogen-bond donors (Lipinski definition) is 0. The Kier molecular flexibility index (Phi) is 4.35. The van der Waals surface area contributed by atoms with E-state index in [1.165, 1.54) is 18.3 Å². The Balaban J connectivity index is 1.98. The lowest BCUT2D eigenvalue weighted by Crippen LogP contribution is -2.22. The molecule has 0 aliphatic heterocycles. The van der Waals surface area contributed by atoms with Crippen LogP contribution in [0.5, 0.6) is 0 Å². The monoisotopic (exact) mass is 392 g/mol. The summed E-state index contributed by atoms with van der Waals surface area (Å²) in [5.74, 6) is 0. The largest absolute Gasteiger partial charge is 0.416 e. The third kappa shape index (κ3) is 3.34. The number of hydrogen-bond acceptors (Lipinski definition) is 4. The molecule has 0 radical (unpaired) electrons. The van der Waals surface area contributed by atoms with Crippen LogP contribution < -0.4 is 5.56 Å². The molecule has 0 fully saturated rings. The van der Waals surface area contributed by atoms with Gasteiger partial charge in [0.1, 0.15) is 11.2 Å². The maximum atomic E-state index is 12.9. The van der Waals surface area contributed by atoms with Gasteiger partial charge in [-0.05, 0) is 48.5 Å². The summed E-state index contributed by atoms with van der Waals surface area (Å²) in [4.78, 5) is 17.2. The molecule has 0 saturated carbocycles. The Morgan fingerprint density at radius 2 is 1.76 bits per heavy atom. The lowest BCUT2D eigenvalue weighted by atomic mass is 10.1. The quantitative estimate of drug-likeness (QED) is 0.509. The number of nitrogens with zero attached hydrogens (tertiary/aromatic N) is 4. The third-order valence-corrected chi connectivity index (χ3v) is 4.36. The molecule has 0 bridgehead atoms. The number of alkyl halides is 3. The van der Waals surface area contributed by atoms with E-state index >= 15 is 0 Å². The van der Waals surface area contributed by atoms with Crippen LogP contribution in [0.25, 0.3) is 27.8 Å². The molecule has 0 atom stereocenters. The Bertz CT molecular complexity index is 1320. The lowest BCUT2D eigenvalue weighted by molar-refractivity contribution is -0.137. The maximum absolute atomic E-state index is 12.9. The first-order valence-electron chi connectivity index (χ1n) is 8.45. The zero-order chi connectivity index (χ0) is 20.6. The van der Waals surface area contributed by atoms with E-state index in [1.54, 1.807) is 36.4 Å². The Labute approximate surface area is 162 Å². The van der Waals surface area contributed by atoms with Gasteiger partial charge in [0, 0.05) is 11.8 Å². The number of pyridine rings is 1. The van der Waals surface area contributed by atoms with Crippen LogP contribution in [-0.2, 0) is 6.18 Å². The van der Waals surface area contributed by atoms with Crippen molar-refractivity contribution in [3.05, 3.63) is 88.3 Å². The van der Waals surface area contributed by atoms with Crippen molar-refractivity contribution in [2.24, 2.45) is 0 Å². The average molecular weight is 392 g/mol. The van der Waals surface area contributed by atoms with Crippen molar-refractivity contribution >= 4 is 10.9 Å². The molecular formula is C21H11F3N4O. The fourth-order valence-corrected chi connectivity index (χ4v) is 2.97. The van der Waals surface area contributed by atoms with Crippen molar-refractivity contribution in [2.75, 3.05) is 0 Å². The van der Waals surface area contributed by atoms with Gasteiger partial charge in [-0.25, -0.2) is 0 Å². The van der Waals surface area contributed by atoms with Crippen LogP contribution in [0.1, 0.15) is 11.1 Å². The second-order valence-corrected chi connectivity index (χ2v) is 6.20. The number of nitriles is 1. The van der Waals surface area contributed by atoms with Gasteiger partial charge < -0.3 is 0 Å². The zero-order valence-electron chi connectivity index (χ0n) is 14.7. The van der Waals surface area contributed by atoms with Crippen LogP contribution in [0.4, 0.5) is 13.2 Å². The fourth-order valence-electron chi connectivity index (χ4n) is 2.97. The predicted molar refractivity (Wildman–Crippen MR) is 100 cm³/mol. The highest BCUT2D eigenvalue weighted by Crippen LogP contribution is 2.30. The van der Waals surface area contributed by atoms with Crippen LogP contribution in [0.15, 0.2) is 71.7 Å². The number of aromatic nitrogens is 3. The van der Waals surface area contributed by atoms with E-state index in [0.717, 1.165) is 16.8 Å². The Morgan fingerprint density at radius 1 is 1.00 bits per heavy atom. The lowest BCUT2D eigenvalue weighted by Gasteiger charge is -2.12. The topological polar surface area (TPSA) is 71.6 Å². The molecule has 0 amide bonds. The third-order valence-electron chi connectivity index (χ3n) is 4.36. The minimum Gasteiger partial charge on any atom is -0.267 e. The molecule has 29 heavy (non-hydrogen) atoms. The van der Waals surface area contributed by atoms with E-state index in [4.69, 9.17) is 5.26 Å². The molecule has 142 valence electrons. The van der Waals surface area contributed by atoms with Crippen LogP contribution in [0, 0.1) is 11.3 Å². The van der Waals surface area contributed by atoms with E-state index in [-0.39, 0.29) is 11.1 Å². The highest BCUT2D eigenvalue weighted by Gasteiger charge is 2.30. The highest BCUT2D eigenvalue weighted by atomic mass is 19.4. The molecule has 0 aliphatic rings. The van der Waals surface area contributed by atoms with Crippen LogP contribution in [-0.4, -0.2) is 14.8 Å². The SMILES string of the molecule is N#Cc1cccc(-c2nn(-c3ccc(C(F)(F)F)cc3)c(=O)c3cccnc23)c1. The molecule has 0 saturated heterocycles. The van der Waals surface area contributed by atoms with Crippen molar-refractivity contribution in [2.45, 2.75) is 6.18 Å². The summed E-state index contributed by atoms with van der Waals surface area (Å²) in [6.07, 6.45) is -2.96. The maximum Gasteiger partial charge on any atom is 0.416 e.